The van der Waals surface area contributed by atoms with Gasteiger partial charge in [0.15, 0.2) is 0 Å². The second-order valence-corrected chi connectivity index (χ2v) is 11.2. The Morgan fingerprint density at radius 2 is 1.92 bits per heavy atom. The molecule has 1 aliphatic rings. The van der Waals surface area contributed by atoms with Crippen molar-refractivity contribution in [1.29, 1.82) is 0 Å². The van der Waals surface area contributed by atoms with Crippen LogP contribution in [0.4, 0.5) is 4.79 Å². The number of cyclic esters (lactones) is 1. The topological polar surface area (TPSA) is 131 Å². The first-order valence-corrected chi connectivity index (χ1v) is 13.9. The Hall–Kier alpha value is -2.65. The number of esters is 2. The van der Waals surface area contributed by atoms with Crippen molar-refractivity contribution in [2.24, 2.45) is 17.8 Å². The van der Waals surface area contributed by atoms with Crippen molar-refractivity contribution in [3.8, 4) is 0 Å². The molecule has 0 aromatic heterocycles. The molecule has 0 radical (unpaired) electrons. The van der Waals surface area contributed by atoms with Crippen LogP contribution in [0.15, 0.2) is 36.0 Å². The lowest BCUT2D eigenvalue weighted by atomic mass is 9.87. The van der Waals surface area contributed by atoms with E-state index in [0.717, 1.165) is 5.57 Å². The third-order valence-electron chi connectivity index (χ3n) is 6.96. The third kappa shape index (κ3) is 12.8. The number of aliphatic hydroxyl groups excluding tert-OH is 1. The van der Waals surface area contributed by atoms with Crippen molar-refractivity contribution in [3.63, 3.8) is 0 Å². The summed E-state index contributed by atoms with van der Waals surface area (Å²) in [5.74, 6) is -1.14. The lowest BCUT2D eigenvalue weighted by molar-refractivity contribution is -0.156. The third-order valence-corrected chi connectivity index (χ3v) is 6.96. The van der Waals surface area contributed by atoms with Gasteiger partial charge in [0, 0.05) is 25.2 Å². The fourth-order valence-electron chi connectivity index (χ4n) is 4.23. The van der Waals surface area contributed by atoms with E-state index >= 15 is 0 Å². The highest BCUT2D eigenvalue weighted by atomic mass is 16.6. The van der Waals surface area contributed by atoms with Crippen molar-refractivity contribution >= 4 is 18.0 Å². The molecule has 3 N–H and O–H groups in total. The SMILES string of the molecule is CC[C@H](O)[C@@H](C)NC(=O)OC[C@H](C)/C=C/C=C(\C)[C@H]1OC(=O)C[C@H](C)CC[C@@](C)(O)[C@@H](OC(C)=O)/C=C/[C@@H]1C. The number of alkyl carbamates (subject to hydrolysis) is 1. The fraction of sp³-hybridized carbons (Fsp3) is 0.700. The summed E-state index contributed by atoms with van der Waals surface area (Å²) >= 11 is 0. The van der Waals surface area contributed by atoms with Crippen LogP contribution < -0.4 is 5.32 Å². The van der Waals surface area contributed by atoms with Gasteiger partial charge >= 0.3 is 18.0 Å². The predicted octanol–water partition coefficient (Wildman–Crippen LogP) is 4.62. The molecule has 1 rings (SSSR count). The smallest absolute Gasteiger partial charge is 0.407 e. The van der Waals surface area contributed by atoms with E-state index in [0.29, 0.717) is 19.3 Å². The molecule has 39 heavy (non-hydrogen) atoms. The molecule has 9 nitrogen and oxygen atoms in total. The van der Waals surface area contributed by atoms with Gasteiger partial charge in [-0.15, -0.1) is 0 Å². The minimum absolute atomic E-state index is 0.0169. The van der Waals surface area contributed by atoms with Gasteiger partial charge in [0.25, 0.3) is 0 Å². The van der Waals surface area contributed by atoms with E-state index in [4.69, 9.17) is 14.2 Å². The number of carbonyl (C=O) groups excluding carboxylic acids is 3. The summed E-state index contributed by atoms with van der Waals surface area (Å²) in [7, 11) is 0. The molecular weight excluding hydrogens is 502 g/mol. The van der Waals surface area contributed by atoms with Crippen molar-refractivity contribution in [1.82, 2.24) is 5.32 Å². The zero-order chi connectivity index (χ0) is 29.8. The molecule has 222 valence electrons. The Balaban J connectivity index is 2.97. The number of allylic oxidation sites excluding steroid dienone is 2. The molecule has 1 heterocycles. The van der Waals surface area contributed by atoms with Gasteiger partial charge in [-0.25, -0.2) is 4.79 Å². The molecule has 0 aromatic rings. The van der Waals surface area contributed by atoms with Crippen molar-refractivity contribution in [2.75, 3.05) is 6.61 Å². The second-order valence-electron chi connectivity index (χ2n) is 11.2. The Labute approximate surface area is 233 Å². The average molecular weight is 552 g/mol. The van der Waals surface area contributed by atoms with Crippen molar-refractivity contribution in [2.45, 2.75) is 111 Å². The molecule has 1 aliphatic heterocycles. The summed E-state index contributed by atoms with van der Waals surface area (Å²) in [6.45, 7) is 14.3. The Bertz CT molecular complexity index is 893. The standard InChI is InChI=1S/C30H49NO8/c1-9-25(33)23(6)31-29(35)37-18-20(3)11-10-12-21(4)28-22(5)13-14-26(38-24(7)32)30(8,36)16-15-19(2)17-27(34)39-28/h10-14,19-20,22-23,25-26,28,33,36H,9,15-18H2,1-8H3,(H,31,35)/b11-10+,14-13+,21-12+/t19-,20-,22+,23-,25+,26+,28-,30-/m1/s1. The van der Waals surface area contributed by atoms with Crippen LogP contribution in [0.3, 0.4) is 0 Å². The van der Waals surface area contributed by atoms with Crippen LogP contribution >= 0.6 is 0 Å². The minimum atomic E-state index is -1.27. The van der Waals surface area contributed by atoms with Gasteiger partial charge in [0.1, 0.15) is 17.8 Å². The maximum absolute atomic E-state index is 12.7. The Kier molecular flexibility index (Phi) is 14.5. The van der Waals surface area contributed by atoms with Crippen LogP contribution in [-0.4, -0.2) is 64.8 Å². The zero-order valence-corrected chi connectivity index (χ0v) is 24.8. The number of nitrogens with one attached hydrogen (secondary N) is 1. The van der Waals surface area contributed by atoms with E-state index in [1.807, 2.05) is 52.8 Å². The lowest BCUT2D eigenvalue weighted by Gasteiger charge is -2.32. The van der Waals surface area contributed by atoms with Gasteiger partial charge in [-0.05, 0) is 57.6 Å². The van der Waals surface area contributed by atoms with E-state index in [9.17, 15) is 24.6 Å². The number of aliphatic hydroxyl groups is 2. The van der Waals surface area contributed by atoms with E-state index in [2.05, 4.69) is 5.32 Å². The maximum atomic E-state index is 12.7. The number of rotatable bonds is 9. The van der Waals surface area contributed by atoms with Crippen LogP contribution in [-0.2, 0) is 23.8 Å². The van der Waals surface area contributed by atoms with Gasteiger partial charge in [-0.2, -0.15) is 0 Å². The molecule has 0 unspecified atom stereocenters. The molecule has 0 bridgehead atoms. The van der Waals surface area contributed by atoms with Crippen LogP contribution in [0, 0.1) is 17.8 Å². The lowest BCUT2D eigenvalue weighted by Crippen LogP contribution is -2.41. The van der Waals surface area contributed by atoms with Crippen LogP contribution in [0.25, 0.3) is 0 Å². The molecule has 8 atom stereocenters. The monoisotopic (exact) mass is 551 g/mol. The summed E-state index contributed by atoms with van der Waals surface area (Å²) in [4.78, 5) is 36.4. The van der Waals surface area contributed by atoms with Crippen LogP contribution in [0.5, 0.6) is 0 Å². The minimum Gasteiger partial charge on any atom is -0.457 e. The normalized spacial score (nSPS) is 30.2. The number of carbonyl (C=O) groups is 3. The summed E-state index contributed by atoms with van der Waals surface area (Å²) in [5.41, 5.74) is -0.462. The number of hydrogen-bond donors (Lipinski definition) is 3. The highest BCUT2D eigenvalue weighted by molar-refractivity contribution is 5.70. The number of ether oxygens (including phenoxy) is 3. The van der Waals surface area contributed by atoms with Gasteiger partial charge in [-0.3, -0.25) is 9.59 Å². The molecule has 0 aliphatic carbocycles. The van der Waals surface area contributed by atoms with E-state index < -0.39 is 42.0 Å². The average Bonchev–Trinajstić information content (AvgIpc) is 2.85. The number of amides is 1. The first-order valence-electron chi connectivity index (χ1n) is 13.9. The maximum Gasteiger partial charge on any atom is 0.407 e. The first-order chi connectivity index (χ1) is 18.2. The highest BCUT2D eigenvalue weighted by Crippen LogP contribution is 2.28. The fourth-order valence-corrected chi connectivity index (χ4v) is 4.23. The molecule has 9 heteroatoms. The quantitative estimate of drug-likeness (QED) is 0.164. The van der Waals surface area contributed by atoms with Gasteiger partial charge in [0.05, 0.1) is 18.8 Å². The molecule has 0 fully saturated rings. The van der Waals surface area contributed by atoms with Crippen molar-refractivity contribution < 1.29 is 38.8 Å². The molecular formula is C30H49NO8. The zero-order valence-electron chi connectivity index (χ0n) is 24.8. The van der Waals surface area contributed by atoms with E-state index in [-0.39, 0.29) is 36.8 Å². The highest BCUT2D eigenvalue weighted by Gasteiger charge is 2.34. The molecule has 0 saturated heterocycles. The Morgan fingerprint density at radius 3 is 2.54 bits per heavy atom. The predicted molar refractivity (Wildman–Crippen MR) is 150 cm³/mol. The summed E-state index contributed by atoms with van der Waals surface area (Å²) < 4.78 is 16.5. The molecule has 1 amide bonds. The van der Waals surface area contributed by atoms with E-state index in [1.54, 1.807) is 26.0 Å². The summed E-state index contributed by atoms with van der Waals surface area (Å²) in [5, 5.41) is 23.4. The Morgan fingerprint density at radius 1 is 1.26 bits per heavy atom. The second kappa shape index (κ2) is 16.5. The van der Waals surface area contributed by atoms with Gasteiger partial charge in [-0.1, -0.05) is 52.0 Å². The van der Waals surface area contributed by atoms with Gasteiger partial charge < -0.3 is 29.7 Å². The molecule has 0 spiro atoms. The summed E-state index contributed by atoms with van der Waals surface area (Å²) in [6.07, 6.45) is 8.14. The van der Waals surface area contributed by atoms with Crippen LogP contribution in [0.1, 0.15) is 81.1 Å². The van der Waals surface area contributed by atoms with E-state index in [1.165, 1.54) is 6.92 Å². The summed E-state index contributed by atoms with van der Waals surface area (Å²) in [6, 6.07) is -0.401. The van der Waals surface area contributed by atoms with Gasteiger partial charge in [0.2, 0.25) is 0 Å². The number of hydrogen-bond acceptors (Lipinski definition) is 8. The largest absolute Gasteiger partial charge is 0.457 e. The first kappa shape index (κ1) is 34.4. The van der Waals surface area contributed by atoms with Crippen molar-refractivity contribution in [3.05, 3.63) is 36.0 Å². The molecule has 0 saturated carbocycles. The molecule has 0 aromatic carbocycles. The van der Waals surface area contributed by atoms with Crippen LogP contribution in [0.2, 0.25) is 0 Å².